The molecule has 0 fully saturated rings. The number of aromatic amines is 1. The van der Waals surface area contributed by atoms with E-state index in [9.17, 15) is 13.2 Å². The van der Waals surface area contributed by atoms with Crippen LogP contribution in [0.2, 0.25) is 0 Å². The summed E-state index contributed by atoms with van der Waals surface area (Å²) in [4.78, 5) is 13.3. The van der Waals surface area contributed by atoms with Gasteiger partial charge in [0.25, 0.3) is 10.0 Å². The number of aryl methyl sites for hydroxylation is 1. The normalized spacial score (nSPS) is 14.3. The summed E-state index contributed by atoms with van der Waals surface area (Å²) in [6.07, 6.45) is 0. The van der Waals surface area contributed by atoms with Gasteiger partial charge in [-0.1, -0.05) is 29.5 Å². The lowest BCUT2D eigenvalue weighted by molar-refractivity contribution is 0.582. The first-order valence-electron chi connectivity index (χ1n) is 6.46. The number of hydrogen-bond acceptors (Lipinski definition) is 5. The minimum absolute atomic E-state index is 0.0512. The quantitative estimate of drug-likeness (QED) is 0.776. The Morgan fingerprint density at radius 1 is 1.29 bits per heavy atom. The van der Waals surface area contributed by atoms with E-state index < -0.39 is 10.0 Å². The third kappa shape index (κ3) is 2.93. The molecule has 0 bridgehead atoms. The predicted octanol–water partition coefficient (Wildman–Crippen LogP) is 0.827. The molecule has 0 radical (unpaired) electrons. The molecule has 1 aliphatic heterocycles. The molecular formula is C13H15N3O3S2. The van der Waals surface area contributed by atoms with Gasteiger partial charge in [-0.05, 0) is 23.6 Å². The van der Waals surface area contributed by atoms with Crippen molar-refractivity contribution >= 4 is 21.4 Å². The predicted molar refractivity (Wildman–Crippen MR) is 80.7 cm³/mol. The topological polar surface area (TPSA) is 91.1 Å². The molecular weight excluding hydrogens is 310 g/mol. The van der Waals surface area contributed by atoms with Crippen LogP contribution in [0.4, 0.5) is 0 Å². The van der Waals surface area contributed by atoms with Crippen molar-refractivity contribution in [3.05, 3.63) is 50.3 Å². The maximum Gasteiger partial charge on any atom is 0.305 e. The highest BCUT2D eigenvalue weighted by Crippen LogP contribution is 2.19. The molecule has 8 heteroatoms. The summed E-state index contributed by atoms with van der Waals surface area (Å²) in [5.74, 6) is 0. The van der Waals surface area contributed by atoms with Crippen molar-refractivity contribution in [3.63, 3.8) is 0 Å². The van der Waals surface area contributed by atoms with E-state index in [0.29, 0.717) is 17.0 Å². The van der Waals surface area contributed by atoms with Gasteiger partial charge in [0.2, 0.25) is 0 Å². The molecule has 0 aliphatic carbocycles. The summed E-state index contributed by atoms with van der Waals surface area (Å²) < 4.78 is 27.0. The zero-order valence-electron chi connectivity index (χ0n) is 11.4. The largest absolute Gasteiger partial charge is 0.315 e. The summed E-state index contributed by atoms with van der Waals surface area (Å²) in [6.45, 7) is 3.46. The van der Waals surface area contributed by atoms with Crippen LogP contribution >= 0.6 is 11.3 Å². The second-order valence-electron chi connectivity index (χ2n) is 4.96. The molecule has 0 saturated heterocycles. The van der Waals surface area contributed by atoms with Crippen LogP contribution in [0.1, 0.15) is 22.4 Å². The van der Waals surface area contributed by atoms with Crippen LogP contribution in [-0.4, -0.2) is 13.4 Å². The van der Waals surface area contributed by atoms with E-state index in [4.69, 9.17) is 0 Å². The lowest BCUT2D eigenvalue weighted by Gasteiger charge is -2.07. The Morgan fingerprint density at radius 3 is 2.76 bits per heavy atom. The number of thiazole rings is 1. The van der Waals surface area contributed by atoms with Crippen LogP contribution in [0.25, 0.3) is 0 Å². The summed E-state index contributed by atoms with van der Waals surface area (Å²) in [5, 5.41) is 3.25. The van der Waals surface area contributed by atoms with Gasteiger partial charge in [-0.25, -0.2) is 13.1 Å². The van der Waals surface area contributed by atoms with Crippen LogP contribution in [-0.2, 0) is 29.7 Å². The van der Waals surface area contributed by atoms with Gasteiger partial charge in [-0.3, -0.25) is 4.79 Å². The van der Waals surface area contributed by atoms with Crippen LogP contribution < -0.4 is 14.9 Å². The minimum atomic E-state index is -3.66. The monoisotopic (exact) mass is 325 g/mol. The van der Waals surface area contributed by atoms with Crippen molar-refractivity contribution in [3.8, 4) is 0 Å². The van der Waals surface area contributed by atoms with Gasteiger partial charge in [0.15, 0.2) is 4.21 Å². The van der Waals surface area contributed by atoms with Gasteiger partial charge >= 0.3 is 4.87 Å². The summed E-state index contributed by atoms with van der Waals surface area (Å²) in [5.41, 5.74) is 3.73. The number of sulfonamides is 1. The van der Waals surface area contributed by atoms with Gasteiger partial charge < -0.3 is 10.3 Å². The fraction of sp³-hybridized carbons (Fsp3) is 0.308. The summed E-state index contributed by atoms with van der Waals surface area (Å²) in [7, 11) is -3.66. The van der Waals surface area contributed by atoms with Crippen LogP contribution in [0.5, 0.6) is 0 Å². The Labute approximate surface area is 126 Å². The Hall–Kier alpha value is -1.48. The number of aromatic nitrogens is 1. The first-order chi connectivity index (χ1) is 9.95. The summed E-state index contributed by atoms with van der Waals surface area (Å²) >= 11 is 0.705. The molecule has 3 rings (SSSR count). The Balaban J connectivity index is 1.78. The number of fused-ring (bicyclic) bond motifs is 1. The van der Waals surface area contributed by atoms with Crippen molar-refractivity contribution in [1.29, 1.82) is 0 Å². The molecule has 2 heterocycles. The zero-order chi connectivity index (χ0) is 15.0. The molecule has 0 amide bonds. The Kier molecular flexibility index (Phi) is 3.70. The SMILES string of the molecule is Cc1[nH]c(=O)sc1S(=O)(=O)NCc1ccc2c(c1)CNC2. The highest BCUT2D eigenvalue weighted by Gasteiger charge is 2.20. The van der Waals surface area contributed by atoms with Gasteiger partial charge in [0, 0.05) is 25.3 Å². The molecule has 0 unspecified atom stereocenters. The van der Waals surface area contributed by atoms with Gasteiger partial charge in [0.1, 0.15) is 0 Å². The Bertz CT molecular complexity index is 837. The second-order valence-corrected chi connectivity index (χ2v) is 7.90. The highest BCUT2D eigenvalue weighted by molar-refractivity contribution is 7.91. The fourth-order valence-electron chi connectivity index (χ4n) is 2.35. The van der Waals surface area contributed by atoms with E-state index in [0.717, 1.165) is 18.7 Å². The molecule has 6 nitrogen and oxygen atoms in total. The van der Waals surface area contributed by atoms with Crippen molar-refractivity contribution in [1.82, 2.24) is 15.0 Å². The average Bonchev–Trinajstić information content (AvgIpc) is 3.02. The van der Waals surface area contributed by atoms with E-state index in [1.807, 2.05) is 18.2 Å². The van der Waals surface area contributed by atoms with Crippen LogP contribution in [0, 0.1) is 6.92 Å². The van der Waals surface area contributed by atoms with Crippen molar-refractivity contribution in [2.24, 2.45) is 0 Å². The molecule has 21 heavy (non-hydrogen) atoms. The Morgan fingerprint density at radius 2 is 2.05 bits per heavy atom. The highest BCUT2D eigenvalue weighted by atomic mass is 32.2. The maximum atomic E-state index is 12.2. The van der Waals surface area contributed by atoms with E-state index >= 15 is 0 Å². The lowest BCUT2D eigenvalue weighted by Crippen LogP contribution is -2.23. The van der Waals surface area contributed by atoms with Crippen LogP contribution in [0.3, 0.4) is 0 Å². The van der Waals surface area contributed by atoms with Gasteiger partial charge in [0.05, 0.1) is 0 Å². The standard InChI is InChI=1S/C13H15N3O3S2/c1-8-12(20-13(17)16-8)21(18,19)15-5-9-2-3-10-6-14-7-11(10)4-9/h2-4,14-15H,5-7H2,1H3,(H,16,17). The molecule has 2 aromatic rings. The third-order valence-corrected chi connectivity index (χ3v) is 6.40. The molecule has 0 saturated carbocycles. The van der Waals surface area contributed by atoms with Crippen molar-refractivity contribution in [2.75, 3.05) is 0 Å². The smallest absolute Gasteiger partial charge is 0.305 e. The van der Waals surface area contributed by atoms with E-state index in [1.165, 1.54) is 11.1 Å². The minimum Gasteiger partial charge on any atom is -0.315 e. The summed E-state index contributed by atoms with van der Waals surface area (Å²) in [6, 6.07) is 5.93. The molecule has 1 aromatic carbocycles. The maximum absolute atomic E-state index is 12.2. The van der Waals surface area contributed by atoms with Crippen molar-refractivity contribution < 1.29 is 8.42 Å². The first kappa shape index (κ1) is 14.5. The van der Waals surface area contributed by atoms with E-state index in [2.05, 4.69) is 15.0 Å². The molecule has 1 aliphatic rings. The molecule has 3 N–H and O–H groups in total. The second kappa shape index (κ2) is 5.38. The molecule has 1 aromatic heterocycles. The average molecular weight is 325 g/mol. The zero-order valence-corrected chi connectivity index (χ0v) is 13.0. The van der Waals surface area contributed by atoms with E-state index in [1.54, 1.807) is 6.92 Å². The number of benzene rings is 1. The first-order valence-corrected chi connectivity index (χ1v) is 8.76. The number of rotatable bonds is 4. The fourth-order valence-corrected chi connectivity index (χ4v) is 4.71. The number of nitrogens with one attached hydrogen (secondary N) is 3. The molecule has 112 valence electrons. The number of hydrogen-bond donors (Lipinski definition) is 3. The van der Waals surface area contributed by atoms with Crippen molar-refractivity contribution in [2.45, 2.75) is 30.8 Å². The third-order valence-electron chi connectivity index (χ3n) is 3.39. The number of H-pyrrole nitrogens is 1. The van der Waals surface area contributed by atoms with Crippen LogP contribution in [0.15, 0.2) is 27.2 Å². The molecule has 0 spiro atoms. The van der Waals surface area contributed by atoms with Gasteiger partial charge in [-0.15, -0.1) is 0 Å². The lowest BCUT2D eigenvalue weighted by atomic mass is 10.1. The van der Waals surface area contributed by atoms with Gasteiger partial charge in [-0.2, -0.15) is 0 Å². The molecule has 0 atom stereocenters. The van der Waals surface area contributed by atoms with E-state index in [-0.39, 0.29) is 15.6 Å².